The fourth-order valence-corrected chi connectivity index (χ4v) is 5.14. The Balaban J connectivity index is 0.000000550. The maximum Gasteiger partial charge on any atom is 0.673 e. The van der Waals surface area contributed by atoms with Crippen molar-refractivity contribution < 1.29 is 31.4 Å². The number of methoxy groups -OCH3 is 1. The number of esters is 1. The molecule has 0 bridgehead atoms. The van der Waals surface area contributed by atoms with E-state index in [0.29, 0.717) is 4.88 Å². The number of ether oxygens (including phenoxy) is 1. The first kappa shape index (κ1) is 21.8. The van der Waals surface area contributed by atoms with Crippen LogP contribution < -0.4 is 4.57 Å². The molecule has 2 aromatic rings. The molecule has 0 aliphatic carbocycles. The van der Waals surface area contributed by atoms with Gasteiger partial charge in [0.1, 0.15) is 0 Å². The molecule has 1 heterocycles. The second kappa shape index (κ2) is 10.1. The van der Waals surface area contributed by atoms with Crippen molar-refractivity contribution >= 4 is 48.1 Å². The molecule has 0 saturated heterocycles. The molecule has 0 unspecified atom stereocenters. The summed E-state index contributed by atoms with van der Waals surface area (Å²) in [4.78, 5) is 12.6. The number of thioether (sulfide) groups is 2. The van der Waals surface area contributed by atoms with Gasteiger partial charge in [-0.05, 0) is 29.4 Å². The molecule has 11 heteroatoms. The molecular formula is C14H16BF4NO2S3. The summed E-state index contributed by atoms with van der Waals surface area (Å²) in [6.45, 7) is 2.11. The van der Waals surface area contributed by atoms with Crippen LogP contribution in [0.2, 0.25) is 0 Å². The van der Waals surface area contributed by atoms with Crippen molar-refractivity contribution in [3.63, 3.8) is 0 Å². The van der Waals surface area contributed by atoms with Crippen LogP contribution in [-0.2, 0) is 4.74 Å². The van der Waals surface area contributed by atoms with Gasteiger partial charge in [0, 0.05) is 17.9 Å². The highest BCUT2D eigenvalue weighted by Gasteiger charge is 2.32. The summed E-state index contributed by atoms with van der Waals surface area (Å²) >= 11 is 4.80. The molecule has 0 fully saturated rings. The maximum atomic E-state index is 11.9. The Kier molecular flexibility index (Phi) is 8.80. The molecule has 1 aromatic carbocycles. The monoisotopic (exact) mass is 413 g/mol. The molecule has 0 radical (unpaired) electrons. The van der Waals surface area contributed by atoms with E-state index in [1.54, 1.807) is 23.5 Å². The SMILES string of the molecule is CCSc1sc(C(=O)OC)c(SC)[n+]1-c1ccccc1.F[B-](F)(F)F. The number of carbonyl (C=O) groups excluding carboxylic acids is 1. The van der Waals surface area contributed by atoms with Crippen LogP contribution in [0.4, 0.5) is 17.3 Å². The number of halogens is 4. The van der Waals surface area contributed by atoms with Gasteiger partial charge >= 0.3 is 17.6 Å². The average molecular weight is 413 g/mol. The normalized spacial score (nSPS) is 10.8. The maximum absolute atomic E-state index is 11.9. The standard InChI is InChI=1S/C14H16NO2S3.BF4/c1-4-19-14-15(10-8-6-5-7-9-10)12(18-3)11(20-14)13(16)17-2;2-1(3,4)5/h5-9H,4H2,1-3H3;/q+1;-1. The minimum Gasteiger partial charge on any atom is -0.465 e. The highest BCUT2D eigenvalue weighted by Crippen LogP contribution is 2.32. The van der Waals surface area contributed by atoms with Gasteiger partial charge in [0.25, 0.3) is 5.03 Å². The molecule has 3 nitrogen and oxygen atoms in total. The average Bonchev–Trinajstić information content (AvgIpc) is 2.92. The Bertz CT molecular complexity index is 689. The van der Waals surface area contributed by atoms with Gasteiger partial charge in [0.15, 0.2) is 4.88 Å². The van der Waals surface area contributed by atoms with Gasteiger partial charge in [-0.15, -0.1) is 4.57 Å². The summed E-state index contributed by atoms with van der Waals surface area (Å²) in [7, 11) is -4.58. The summed E-state index contributed by atoms with van der Waals surface area (Å²) in [5.74, 6) is 0.689. The third-order valence-electron chi connectivity index (χ3n) is 2.62. The largest absolute Gasteiger partial charge is 0.673 e. The van der Waals surface area contributed by atoms with Gasteiger partial charge in [-0.25, -0.2) is 4.79 Å². The van der Waals surface area contributed by atoms with Gasteiger partial charge in [-0.2, -0.15) is 0 Å². The lowest BCUT2D eigenvalue weighted by Gasteiger charge is -1.99. The minimum absolute atomic E-state index is 0.271. The minimum atomic E-state index is -6.00. The van der Waals surface area contributed by atoms with Gasteiger partial charge in [-0.3, -0.25) is 0 Å². The number of aromatic nitrogens is 1. The van der Waals surface area contributed by atoms with Crippen molar-refractivity contribution in [1.29, 1.82) is 0 Å². The van der Waals surface area contributed by atoms with Crippen molar-refractivity contribution in [3.8, 4) is 5.69 Å². The number of carbonyl (C=O) groups is 1. The lowest BCUT2D eigenvalue weighted by atomic mass is 10.3. The molecule has 25 heavy (non-hydrogen) atoms. The fraction of sp³-hybridized carbons (Fsp3) is 0.286. The third-order valence-corrected chi connectivity index (χ3v) is 5.76. The molecular weight excluding hydrogens is 397 g/mol. The third kappa shape index (κ3) is 6.91. The number of rotatable bonds is 5. The van der Waals surface area contributed by atoms with E-state index >= 15 is 0 Å². The molecule has 138 valence electrons. The van der Waals surface area contributed by atoms with Crippen molar-refractivity contribution in [3.05, 3.63) is 35.2 Å². The topological polar surface area (TPSA) is 30.2 Å². The van der Waals surface area contributed by atoms with E-state index in [1.807, 2.05) is 36.6 Å². The zero-order chi connectivity index (χ0) is 19.0. The van der Waals surface area contributed by atoms with E-state index in [1.165, 1.54) is 18.4 Å². The Morgan fingerprint density at radius 1 is 1.24 bits per heavy atom. The van der Waals surface area contributed by atoms with E-state index in [0.717, 1.165) is 20.8 Å². The predicted molar refractivity (Wildman–Crippen MR) is 95.6 cm³/mol. The number of para-hydroxylation sites is 1. The van der Waals surface area contributed by atoms with Crippen molar-refractivity contribution in [1.82, 2.24) is 0 Å². The summed E-state index contributed by atoms with van der Waals surface area (Å²) in [5.41, 5.74) is 1.07. The number of benzene rings is 1. The van der Waals surface area contributed by atoms with Gasteiger partial charge in [0.2, 0.25) is 5.69 Å². The predicted octanol–water partition coefficient (Wildman–Crippen LogP) is 4.95. The van der Waals surface area contributed by atoms with Crippen molar-refractivity contribution in [2.45, 2.75) is 16.3 Å². The molecule has 0 N–H and O–H groups in total. The van der Waals surface area contributed by atoms with E-state index in [4.69, 9.17) is 4.74 Å². The van der Waals surface area contributed by atoms with Crippen LogP contribution in [0.1, 0.15) is 16.6 Å². The van der Waals surface area contributed by atoms with E-state index < -0.39 is 7.25 Å². The number of nitrogens with zero attached hydrogens (tertiary/aromatic N) is 1. The first-order chi connectivity index (χ1) is 11.7. The fourth-order valence-electron chi connectivity index (χ4n) is 1.78. The van der Waals surface area contributed by atoms with Crippen LogP contribution in [0.25, 0.3) is 5.69 Å². The second-order valence-electron chi connectivity index (χ2n) is 4.30. The van der Waals surface area contributed by atoms with Crippen molar-refractivity contribution in [2.75, 3.05) is 19.1 Å². The van der Waals surface area contributed by atoms with Crippen LogP contribution in [0, 0.1) is 0 Å². The molecule has 0 amide bonds. The quantitative estimate of drug-likeness (QED) is 0.228. The number of hydrogen-bond donors (Lipinski definition) is 0. The lowest BCUT2D eigenvalue weighted by molar-refractivity contribution is -0.666. The summed E-state index contributed by atoms with van der Waals surface area (Å²) < 4.78 is 47.1. The molecule has 0 atom stereocenters. The molecule has 0 spiro atoms. The lowest BCUT2D eigenvalue weighted by Crippen LogP contribution is -2.33. The van der Waals surface area contributed by atoms with Crippen LogP contribution in [-0.4, -0.2) is 32.3 Å². The number of thiazole rings is 1. The van der Waals surface area contributed by atoms with E-state index in [9.17, 15) is 22.1 Å². The Morgan fingerprint density at radius 3 is 2.24 bits per heavy atom. The van der Waals surface area contributed by atoms with Crippen LogP contribution >= 0.6 is 34.9 Å². The Morgan fingerprint density at radius 2 is 1.80 bits per heavy atom. The molecule has 0 aliphatic heterocycles. The first-order valence-corrected chi connectivity index (χ1v) is 10.0. The van der Waals surface area contributed by atoms with Gasteiger partial charge in [-0.1, -0.05) is 36.9 Å². The van der Waals surface area contributed by atoms with Crippen LogP contribution in [0.15, 0.2) is 39.7 Å². The zero-order valence-electron chi connectivity index (χ0n) is 13.7. The number of hydrogen-bond acceptors (Lipinski definition) is 5. The molecule has 1 aromatic heterocycles. The Hall–Kier alpha value is -1.20. The van der Waals surface area contributed by atoms with Crippen molar-refractivity contribution in [2.24, 2.45) is 0 Å². The smallest absolute Gasteiger partial charge is 0.465 e. The highest BCUT2D eigenvalue weighted by molar-refractivity contribution is 8.01. The summed E-state index contributed by atoms with van der Waals surface area (Å²) in [6, 6.07) is 10.1. The van der Waals surface area contributed by atoms with Crippen LogP contribution in [0.3, 0.4) is 0 Å². The van der Waals surface area contributed by atoms with Gasteiger partial charge in [0.05, 0.1) is 7.11 Å². The van der Waals surface area contributed by atoms with Crippen LogP contribution in [0.5, 0.6) is 0 Å². The van der Waals surface area contributed by atoms with E-state index in [2.05, 4.69) is 11.5 Å². The van der Waals surface area contributed by atoms with Gasteiger partial charge < -0.3 is 22.0 Å². The highest BCUT2D eigenvalue weighted by atomic mass is 32.2. The Labute approximate surface area is 155 Å². The second-order valence-corrected chi connectivity index (χ2v) is 7.60. The molecule has 0 aliphatic rings. The zero-order valence-corrected chi connectivity index (χ0v) is 16.1. The summed E-state index contributed by atoms with van der Waals surface area (Å²) in [6.07, 6.45) is 1.98. The first-order valence-electron chi connectivity index (χ1n) is 6.99. The summed E-state index contributed by atoms with van der Waals surface area (Å²) in [5, 5.41) is 0.934. The van der Waals surface area contributed by atoms with E-state index in [-0.39, 0.29) is 5.97 Å². The molecule has 0 saturated carbocycles. The molecule has 2 rings (SSSR count).